The summed E-state index contributed by atoms with van der Waals surface area (Å²) in [6.45, 7) is 6.43. The molecule has 4 heteroatoms. The second-order valence-electron chi connectivity index (χ2n) is 2.88. The number of unbranched alkanes of at least 4 members (excludes halogenated alkanes) is 1. The Morgan fingerprint density at radius 3 is 1.79 bits per heavy atom. The van der Waals surface area contributed by atoms with Gasteiger partial charge in [0, 0.05) is 11.9 Å². The summed E-state index contributed by atoms with van der Waals surface area (Å²) in [7, 11) is 0. The Balaban J connectivity index is 2.78. The Morgan fingerprint density at radius 2 is 1.29 bits per heavy atom. The number of alkyl halides is 1. The predicted molar refractivity (Wildman–Crippen MR) is 61.2 cm³/mol. The van der Waals surface area contributed by atoms with Gasteiger partial charge in [0.2, 0.25) is 0 Å². The van der Waals surface area contributed by atoms with Gasteiger partial charge in [0.05, 0.1) is 33.0 Å². The van der Waals surface area contributed by atoms with Crippen molar-refractivity contribution in [2.24, 2.45) is 0 Å². The molecule has 0 aliphatic heterocycles. The van der Waals surface area contributed by atoms with Crippen LogP contribution >= 0.6 is 15.9 Å². The second kappa shape index (κ2) is 13.4. The van der Waals surface area contributed by atoms with Gasteiger partial charge >= 0.3 is 0 Å². The molecule has 0 unspecified atom stereocenters. The molecule has 0 aromatic rings. The first-order chi connectivity index (χ1) is 6.91. The Bertz CT molecular complexity index is 89.4. The molecule has 0 saturated carbocycles. The van der Waals surface area contributed by atoms with Crippen LogP contribution in [0.15, 0.2) is 0 Å². The zero-order valence-electron chi connectivity index (χ0n) is 8.97. The molecule has 0 aliphatic carbocycles. The normalized spacial score (nSPS) is 10.7. The lowest BCUT2D eigenvalue weighted by atomic mass is 10.4. The second-order valence-corrected chi connectivity index (χ2v) is 3.67. The first-order valence-electron chi connectivity index (χ1n) is 5.21. The van der Waals surface area contributed by atoms with E-state index in [2.05, 4.69) is 22.9 Å². The molecule has 0 aliphatic rings. The lowest BCUT2D eigenvalue weighted by Crippen LogP contribution is -2.10. The summed E-state index contributed by atoms with van der Waals surface area (Å²) in [5.74, 6) is 0. The van der Waals surface area contributed by atoms with Crippen molar-refractivity contribution in [1.82, 2.24) is 0 Å². The summed E-state index contributed by atoms with van der Waals surface area (Å²) >= 11 is 3.28. The van der Waals surface area contributed by atoms with E-state index < -0.39 is 0 Å². The third-order valence-electron chi connectivity index (χ3n) is 1.61. The molecule has 0 rings (SSSR count). The highest BCUT2D eigenvalue weighted by Gasteiger charge is 1.90. The number of hydrogen-bond acceptors (Lipinski definition) is 3. The van der Waals surface area contributed by atoms with E-state index in [9.17, 15) is 0 Å². The van der Waals surface area contributed by atoms with Crippen molar-refractivity contribution in [3.63, 3.8) is 0 Å². The number of hydrogen-bond donors (Lipinski definition) is 0. The summed E-state index contributed by atoms with van der Waals surface area (Å²) in [6.07, 6.45) is 2.32. The fraction of sp³-hybridized carbons (Fsp3) is 1.00. The van der Waals surface area contributed by atoms with Gasteiger partial charge in [-0.3, -0.25) is 0 Å². The average molecular weight is 269 g/mol. The van der Waals surface area contributed by atoms with Crippen molar-refractivity contribution in [3.05, 3.63) is 0 Å². The van der Waals surface area contributed by atoms with Crippen LogP contribution in [0.2, 0.25) is 0 Å². The van der Waals surface area contributed by atoms with Gasteiger partial charge in [0.1, 0.15) is 0 Å². The number of rotatable bonds is 11. The molecule has 0 N–H and O–H groups in total. The largest absolute Gasteiger partial charge is 0.379 e. The van der Waals surface area contributed by atoms with E-state index in [0.29, 0.717) is 26.4 Å². The van der Waals surface area contributed by atoms with Gasteiger partial charge in [-0.05, 0) is 6.42 Å². The molecule has 0 aromatic heterocycles. The van der Waals surface area contributed by atoms with E-state index in [1.807, 2.05) is 0 Å². The Hall–Kier alpha value is 0.360. The molecular weight excluding hydrogens is 248 g/mol. The van der Waals surface area contributed by atoms with Crippen molar-refractivity contribution >= 4 is 15.9 Å². The maximum atomic E-state index is 5.33. The molecular formula is C10H21BrO3. The van der Waals surface area contributed by atoms with Crippen LogP contribution in [0.5, 0.6) is 0 Å². The van der Waals surface area contributed by atoms with E-state index in [4.69, 9.17) is 14.2 Å². The minimum absolute atomic E-state index is 0.657. The van der Waals surface area contributed by atoms with Crippen molar-refractivity contribution in [2.75, 3.05) is 45.0 Å². The van der Waals surface area contributed by atoms with Gasteiger partial charge < -0.3 is 14.2 Å². The molecule has 0 fully saturated rings. The van der Waals surface area contributed by atoms with E-state index in [0.717, 1.165) is 25.0 Å². The topological polar surface area (TPSA) is 27.7 Å². The SMILES string of the molecule is CCCCOCCOCCOCCBr. The fourth-order valence-corrected chi connectivity index (χ4v) is 1.07. The molecule has 3 nitrogen and oxygen atoms in total. The molecule has 0 radical (unpaired) electrons. The van der Waals surface area contributed by atoms with E-state index in [1.54, 1.807) is 0 Å². The van der Waals surface area contributed by atoms with Crippen molar-refractivity contribution in [3.8, 4) is 0 Å². The maximum Gasteiger partial charge on any atom is 0.0701 e. The number of ether oxygens (including phenoxy) is 3. The maximum absolute atomic E-state index is 5.33. The third kappa shape index (κ3) is 12.4. The van der Waals surface area contributed by atoms with Crippen LogP contribution in [0.1, 0.15) is 19.8 Å². The highest BCUT2D eigenvalue weighted by molar-refractivity contribution is 9.09. The third-order valence-corrected chi connectivity index (χ3v) is 1.93. The monoisotopic (exact) mass is 268 g/mol. The first kappa shape index (κ1) is 14.4. The summed E-state index contributed by atoms with van der Waals surface area (Å²) in [4.78, 5) is 0. The van der Waals surface area contributed by atoms with Crippen LogP contribution in [-0.4, -0.2) is 45.0 Å². The molecule has 0 atom stereocenters. The predicted octanol–water partition coefficient (Wildman–Crippen LogP) is 2.23. The highest BCUT2D eigenvalue weighted by atomic mass is 79.9. The Labute approximate surface area is 95.2 Å². The summed E-state index contributed by atoms with van der Waals surface area (Å²) < 4.78 is 15.8. The van der Waals surface area contributed by atoms with Crippen molar-refractivity contribution in [1.29, 1.82) is 0 Å². The van der Waals surface area contributed by atoms with Crippen molar-refractivity contribution < 1.29 is 14.2 Å². The van der Waals surface area contributed by atoms with E-state index in [1.165, 1.54) is 6.42 Å². The lowest BCUT2D eigenvalue weighted by molar-refractivity contribution is 0.0170. The molecule has 0 aromatic carbocycles. The summed E-state index contributed by atoms with van der Waals surface area (Å²) in [5, 5.41) is 0.882. The van der Waals surface area contributed by atoms with Crippen LogP contribution in [0, 0.1) is 0 Å². The highest BCUT2D eigenvalue weighted by Crippen LogP contribution is 1.88. The zero-order chi connectivity index (χ0) is 10.5. The Morgan fingerprint density at radius 1 is 0.786 bits per heavy atom. The molecule has 0 spiro atoms. The standard InChI is InChI=1S/C10H21BrO3/c1-2-3-5-12-7-9-14-10-8-13-6-4-11/h2-10H2,1H3. The van der Waals surface area contributed by atoms with Gasteiger partial charge in [-0.1, -0.05) is 29.3 Å². The van der Waals surface area contributed by atoms with Gasteiger partial charge in [-0.25, -0.2) is 0 Å². The van der Waals surface area contributed by atoms with E-state index >= 15 is 0 Å². The van der Waals surface area contributed by atoms with Gasteiger partial charge in [0.25, 0.3) is 0 Å². The van der Waals surface area contributed by atoms with Crippen molar-refractivity contribution in [2.45, 2.75) is 19.8 Å². The minimum atomic E-state index is 0.657. The first-order valence-corrected chi connectivity index (χ1v) is 6.33. The van der Waals surface area contributed by atoms with Gasteiger partial charge in [-0.2, -0.15) is 0 Å². The fourth-order valence-electron chi connectivity index (χ4n) is 0.843. The molecule has 0 saturated heterocycles. The summed E-state index contributed by atoms with van der Waals surface area (Å²) in [6, 6.07) is 0. The van der Waals surface area contributed by atoms with Crippen LogP contribution in [0.3, 0.4) is 0 Å². The molecule has 14 heavy (non-hydrogen) atoms. The average Bonchev–Trinajstić information content (AvgIpc) is 2.21. The van der Waals surface area contributed by atoms with Gasteiger partial charge in [-0.15, -0.1) is 0 Å². The molecule has 86 valence electrons. The minimum Gasteiger partial charge on any atom is -0.379 e. The van der Waals surface area contributed by atoms with Crippen LogP contribution in [0.4, 0.5) is 0 Å². The van der Waals surface area contributed by atoms with E-state index in [-0.39, 0.29) is 0 Å². The van der Waals surface area contributed by atoms with Crippen LogP contribution < -0.4 is 0 Å². The lowest BCUT2D eigenvalue weighted by Gasteiger charge is -2.05. The number of halogens is 1. The van der Waals surface area contributed by atoms with Crippen LogP contribution in [-0.2, 0) is 14.2 Å². The zero-order valence-corrected chi connectivity index (χ0v) is 10.6. The molecule has 0 bridgehead atoms. The smallest absolute Gasteiger partial charge is 0.0701 e. The molecule has 0 amide bonds. The molecule has 0 heterocycles. The van der Waals surface area contributed by atoms with Crippen LogP contribution in [0.25, 0.3) is 0 Å². The summed E-state index contributed by atoms with van der Waals surface area (Å²) in [5.41, 5.74) is 0. The van der Waals surface area contributed by atoms with Gasteiger partial charge in [0.15, 0.2) is 0 Å². The Kier molecular flexibility index (Phi) is 13.7. The quantitative estimate of drug-likeness (QED) is 0.425.